The largest absolute Gasteiger partial charge is 0.381 e. The lowest BCUT2D eigenvalue weighted by Crippen LogP contribution is -2.38. The number of benzene rings is 2. The molecule has 0 aliphatic carbocycles. The van der Waals surface area contributed by atoms with Gasteiger partial charge >= 0.3 is 0 Å². The number of anilines is 1. The molecule has 1 heterocycles. The fraction of sp³-hybridized carbons (Fsp3) is 0.350. The fourth-order valence-electron chi connectivity index (χ4n) is 3.23. The number of nitrogens with zero attached hydrogens (tertiary/aromatic N) is 1. The van der Waals surface area contributed by atoms with E-state index in [1.165, 1.54) is 5.56 Å². The maximum absolute atomic E-state index is 6.47. The van der Waals surface area contributed by atoms with Crippen molar-refractivity contribution in [2.75, 3.05) is 25.1 Å². The zero-order valence-electron chi connectivity index (χ0n) is 14.9. The number of nitrogens with two attached hydrogens (primary N) is 1. The van der Waals surface area contributed by atoms with E-state index in [4.69, 9.17) is 22.1 Å². The summed E-state index contributed by atoms with van der Waals surface area (Å²) in [6.45, 7) is 4.07. The smallest absolute Gasteiger partial charge is 0.193 e. The fourth-order valence-corrected chi connectivity index (χ4v) is 3.56. The maximum atomic E-state index is 6.47. The molecule has 0 unspecified atom stereocenters. The molecule has 1 aliphatic heterocycles. The second-order valence-corrected chi connectivity index (χ2v) is 6.97. The second-order valence-electron chi connectivity index (χ2n) is 6.57. The number of rotatable bonds is 4. The highest BCUT2D eigenvalue weighted by Gasteiger charge is 2.35. The van der Waals surface area contributed by atoms with Crippen molar-refractivity contribution >= 4 is 47.2 Å². The molecule has 0 atom stereocenters. The van der Waals surface area contributed by atoms with Crippen LogP contribution in [-0.4, -0.2) is 25.7 Å². The number of hydrogen-bond donors (Lipinski definition) is 2. The van der Waals surface area contributed by atoms with Gasteiger partial charge in [-0.3, -0.25) is 4.99 Å². The Morgan fingerprint density at radius 2 is 1.81 bits per heavy atom. The molecule has 4 nitrogen and oxygen atoms in total. The van der Waals surface area contributed by atoms with E-state index in [1.807, 2.05) is 42.5 Å². The number of aliphatic imine (C=N–C) groups is 1. The van der Waals surface area contributed by atoms with Gasteiger partial charge in [0.15, 0.2) is 5.96 Å². The minimum absolute atomic E-state index is 0. The molecule has 0 radical (unpaired) electrons. The summed E-state index contributed by atoms with van der Waals surface area (Å²) in [5.74, 6) is 0.418. The monoisotopic (exact) mass is 485 g/mol. The van der Waals surface area contributed by atoms with Crippen molar-refractivity contribution in [3.63, 3.8) is 0 Å². The first kappa shape index (κ1) is 21.0. The van der Waals surface area contributed by atoms with Crippen molar-refractivity contribution < 1.29 is 4.74 Å². The van der Waals surface area contributed by atoms with Crippen LogP contribution in [0.3, 0.4) is 0 Å². The molecule has 140 valence electrons. The zero-order chi connectivity index (χ0) is 17.7. The molecule has 2 aromatic rings. The number of nitrogens with one attached hydrogen (secondary N) is 1. The van der Waals surface area contributed by atoms with Crippen molar-refractivity contribution in [3.05, 3.63) is 64.7 Å². The van der Waals surface area contributed by atoms with Crippen molar-refractivity contribution in [1.29, 1.82) is 0 Å². The van der Waals surface area contributed by atoms with Crippen LogP contribution in [0.25, 0.3) is 0 Å². The highest BCUT2D eigenvalue weighted by Crippen LogP contribution is 2.38. The molecule has 1 aliphatic rings. The van der Waals surface area contributed by atoms with E-state index < -0.39 is 0 Å². The zero-order valence-corrected chi connectivity index (χ0v) is 18.0. The normalized spacial score (nSPS) is 16.6. The van der Waals surface area contributed by atoms with Gasteiger partial charge in [-0.1, -0.05) is 47.5 Å². The van der Waals surface area contributed by atoms with Crippen LogP contribution >= 0.6 is 35.6 Å². The van der Waals surface area contributed by atoms with Crippen LogP contribution in [0.5, 0.6) is 0 Å². The third-order valence-corrected chi connectivity index (χ3v) is 5.10. The summed E-state index contributed by atoms with van der Waals surface area (Å²) in [5, 5.41) is 3.94. The third kappa shape index (κ3) is 5.11. The van der Waals surface area contributed by atoms with E-state index in [0.29, 0.717) is 25.7 Å². The highest BCUT2D eigenvalue weighted by molar-refractivity contribution is 14.0. The summed E-state index contributed by atoms with van der Waals surface area (Å²) < 4.78 is 5.56. The number of hydrogen-bond acceptors (Lipinski definition) is 2. The molecule has 1 saturated heterocycles. The third-order valence-electron chi connectivity index (χ3n) is 4.77. The molecule has 3 rings (SSSR count). The van der Waals surface area contributed by atoms with Crippen LogP contribution in [-0.2, 0) is 10.2 Å². The van der Waals surface area contributed by atoms with Crippen LogP contribution in [0.2, 0.25) is 5.02 Å². The minimum atomic E-state index is -0.129. The molecular formula is C20H25ClIN3O. The molecule has 0 bridgehead atoms. The van der Waals surface area contributed by atoms with Gasteiger partial charge in [0.1, 0.15) is 0 Å². The average Bonchev–Trinajstić information content (AvgIpc) is 2.63. The molecule has 6 heteroatoms. The highest BCUT2D eigenvalue weighted by atomic mass is 127. The average molecular weight is 486 g/mol. The molecule has 1 fully saturated rings. The Labute approximate surface area is 177 Å². The summed E-state index contributed by atoms with van der Waals surface area (Å²) in [4.78, 5) is 4.62. The Balaban J connectivity index is 0.00000243. The Kier molecular flexibility index (Phi) is 7.73. The van der Waals surface area contributed by atoms with Gasteiger partial charge in [0.25, 0.3) is 0 Å². The number of guanidine groups is 1. The van der Waals surface area contributed by atoms with Crippen molar-refractivity contribution in [2.45, 2.75) is 25.2 Å². The van der Waals surface area contributed by atoms with Gasteiger partial charge in [-0.05, 0) is 43.5 Å². The van der Waals surface area contributed by atoms with Crippen LogP contribution in [0, 0.1) is 6.92 Å². The van der Waals surface area contributed by atoms with E-state index in [9.17, 15) is 0 Å². The number of halogens is 2. The van der Waals surface area contributed by atoms with Gasteiger partial charge in [-0.25, -0.2) is 0 Å². The first-order chi connectivity index (χ1) is 12.1. The summed E-state index contributed by atoms with van der Waals surface area (Å²) >= 11 is 6.47. The first-order valence-electron chi connectivity index (χ1n) is 8.55. The van der Waals surface area contributed by atoms with E-state index in [-0.39, 0.29) is 29.4 Å². The van der Waals surface area contributed by atoms with Crippen LogP contribution in [0.15, 0.2) is 53.5 Å². The molecule has 0 saturated carbocycles. The summed E-state index contributed by atoms with van der Waals surface area (Å²) in [7, 11) is 0. The Morgan fingerprint density at radius 3 is 2.46 bits per heavy atom. The van der Waals surface area contributed by atoms with E-state index in [2.05, 4.69) is 23.3 Å². The van der Waals surface area contributed by atoms with Crippen LogP contribution < -0.4 is 11.1 Å². The van der Waals surface area contributed by atoms with Gasteiger partial charge in [0.05, 0.1) is 6.54 Å². The number of aryl methyl sites for hydroxylation is 1. The van der Waals surface area contributed by atoms with Gasteiger partial charge in [0, 0.05) is 29.3 Å². The molecule has 2 aromatic carbocycles. The summed E-state index contributed by atoms with van der Waals surface area (Å²) in [5.41, 5.74) is 9.26. The second kappa shape index (κ2) is 9.58. The number of ether oxygens (including phenoxy) is 1. The van der Waals surface area contributed by atoms with E-state index in [1.54, 1.807) is 0 Å². The lowest BCUT2D eigenvalue weighted by molar-refractivity contribution is 0.0532. The summed E-state index contributed by atoms with van der Waals surface area (Å²) in [6.07, 6.45) is 1.77. The SMILES string of the molecule is Cc1ccc(NC(N)=NCC2(c3ccccc3Cl)CCOCC2)cc1.I. The van der Waals surface area contributed by atoms with Gasteiger partial charge in [-0.15, -0.1) is 24.0 Å². The molecule has 26 heavy (non-hydrogen) atoms. The Hall–Kier alpha value is -1.31. The van der Waals surface area contributed by atoms with Crippen molar-refractivity contribution in [1.82, 2.24) is 0 Å². The molecular weight excluding hydrogens is 461 g/mol. The Bertz CT molecular complexity index is 743. The summed E-state index contributed by atoms with van der Waals surface area (Å²) in [6, 6.07) is 16.1. The standard InChI is InChI=1S/C20H24ClN3O.HI/c1-15-6-8-16(9-7-15)24-19(22)23-14-20(10-12-25-13-11-20)17-4-2-3-5-18(17)21;/h2-9H,10-14H2,1H3,(H3,22,23,24);1H. The van der Waals surface area contributed by atoms with Crippen molar-refractivity contribution in [2.24, 2.45) is 10.7 Å². The first-order valence-corrected chi connectivity index (χ1v) is 8.93. The van der Waals surface area contributed by atoms with E-state index in [0.717, 1.165) is 29.1 Å². The molecule has 0 amide bonds. The van der Waals surface area contributed by atoms with Crippen LogP contribution in [0.4, 0.5) is 5.69 Å². The molecule has 3 N–H and O–H groups in total. The predicted octanol–water partition coefficient (Wildman–Crippen LogP) is 4.74. The predicted molar refractivity (Wildman–Crippen MR) is 120 cm³/mol. The quantitative estimate of drug-likeness (QED) is 0.374. The van der Waals surface area contributed by atoms with Gasteiger partial charge in [0.2, 0.25) is 0 Å². The van der Waals surface area contributed by atoms with Crippen molar-refractivity contribution in [3.8, 4) is 0 Å². The lowest BCUT2D eigenvalue weighted by atomic mass is 9.74. The lowest BCUT2D eigenvalue weighted by Gasteiger charge is -2.37. The molecule has 0 aromatic heterocycles. The Morgan fingerprint density at radius 1 is 1.15 bits per heavy atom. The minimum Gasteiger partial charge on any atom is -0.381 e. The molecule has 0 spiro atoms. The topological polar surface area (TPSA) is 59.6 Å². The maximum Gasteiger partial charge on any atom is 0.193 e. The van der Waals surface area contributed by atoms with Gasteiger partial charge < -0.3 is 15.8 Å². The van der Waals surface area contributed by atoms with Gasteiger partial charge in [-0.2, -0.15) is 0 Å². The van der Waals surface area contributed by atoms with E-state index >= 15 is 0 Å². The van der Waals surface area contributed by atoms with Crippen LogP contribution in [0.1, 0.15) is 24.0 Å².